The molecule has 0 spiro atoms. The zero-order valence-electron chi connectivity index (χ0n) is 10.6. The summed E-state index contributed by atoms with van der Waals surface area (Å²) in [6.45, 7) is 2.40. The van der Waals surface area contributed by atoms with Crippen LogP contribution in [0.3, 0.4) is 0 Å². The van der Waals surface area contributed by atoms with Crippen molar-refractivity contribution in [2.75, 3.05) is 0 Å². The van der Waals surface area contributed by atoms with E-state index in [1.165, 1.54) is 0 Å². The quantitative estimate of drug-likeness (QED) is 0.643. The Kier molecular flexibility index (Phi) is 3.78. The van der Waals surface area contributed by atoms with Gasteiger partial charge in [-0.25, -0.2) is 4.98 Å². The van der Waals surface area contributed by atoms with Crippen molar-refractivity contribution in [2.45, 2.75) is 13.5 Å². The van der Waals surface area contributed by atoms with Crippen LogP contribution in [0.1, 0.15) is 10.4 Å². The standard InChI is InChI=1S/C14H10Cl2N2OS/c1-8-5-11-12(17-14(16)18-13(11)20-8)19-7-9-3-2-4-10(15)6-9/h2-6H,7H2,1H3. The molecule has 3 nitrogen and oxygen atoms in total. The lowest BCUT2D eigenvalue weighted by Crippen LogP contribution is -1.98. The van der Waals surface area contributed by atoms with Crippen LogP contribution in [0.2, 0.25) is 10.3 Å². The second-order valence-electron chi connectivity index (χ2n) is 4.29. The van der Waals surface area contributed by atoms with Crippen LogP contribution in [0.5, 0.6) is 5.88 Å². The van der Waals surface area contributed by atoms with Gasteiger partial charge in [-0.05, 0) is 42.3 Å². The molecule has 0 aliphatic heterocycles. The number of thiophene rings is 1. The van der Waals surface area contributed by atoms with Gasteiger partial charge in [0.2, 0.25) is 11.2 Å². The fraction of sp³-hybridized carbons (Fsp3) is 0.143. The third-order valence-corrected chi connectivity index (χ3v) is 4.07. The molecule has 0 saturated carbocycles. The molecule has 6 heteroatoms. The Bertz CT molecular complexity index is 773. The first kappa shape index (κ1) is 13.6. The fourth-order valence-electron chi connectivity index (χ4n) is 1.88. The smallest absolute Gasteiger partial charge is 0.227 e. The van der Waals surface area contributed by atoms with Crippen molar-refractivity contribution >= 4 is 44.8 Å². The number of ether oxygens (including phenoxy) is 1. The molecule has 20 heavy (non-hydrogen) atoms. The molecule has 0 atom stereocenters. The van der Waals surface area contributed by atoms with Crippen LogP contribution in [-0.4, -0.2) is 9.97 Å². The number of benzene rings is 1. The van der Waals surface area contributed by atoms with Crippen molar-refractivity contribution in [3.63, 3.8) is 0 Å². The summed E-state index contributed by atoms with van der Waals surface area (Å²) in [5.74, 6) is 0.504. The van der Waals surface area contributed by atoms with E-state index in [1.54, 1.807) is 11.3 Å². The van der Waals surface area contributed by atoms with Crippen molar-refractivity contribution in [1.82, 2.24) is 9.97 Å². The summed E-state index contributed by atoms with van der Waals surface area (Å²) in [6, 6.07) is 9.53. The molecule has 0 fully saturated rings. The van der Waals surface area contributed by atoms with Crippen LogP contribution >= 0.6 is 34.5 Å². The molecular formula is C14H10Cl2N2OS. The Morgan fingerprint density at radius 3 is 2.85 bits per heavy atom. The van der Waals surface area contributed by atoms with Crippen LogP contribution in [0.15, 0.2) is 30.3 Å². The molecule has 0 radical (unpaired) electrons. The predicted molar refractivity (Wildman–Crippen MR) is 82.9 cm³/mol. The van der Waals surface area contributed by atoms with Gasteiger partial charge in [0.25, 0.3) is 0 Å². The first-order valence-electron chi connectivity index (χ1n) is 5.93. The fourth-order valence-corrected chi connectivity index (χ4v) is 3.17. The summed E-state index contributed by atoms with van der Waals surface area (Å²) >= 11 is 13.4. The van der Waals surface area contributed by atoms with Crippen molar-refractivity contribution in [3.8, 4) is 5.88 Å². The number of nitrogens with zero attached hydrogens (tertiary/aromatic N) is 2. The van der Waals surface area contributed by atoms with E-state index in [4.69, 9.17) is 27.9 Å². The molecule has 1 aromatic carbocycles. The molecule has 2 aromatic heterocycles. The van der Waals surface area contributed by atoms with Crippen LogP contribution in [0, 0.1) is 6.92 Å². The van der Waals surface area contributed by atoms with Gasteiger partial charge in [-0.3, -0.25) is 0 Å². The van der Waals surface area contributed by atoms with E-state index in [0.29, 0.717) is 17.5 Å². The molecule has 0 saturated heterocycles. The average molecular weight is 325 g/mol. The molecule has 3 aromatic rings. The maximum absolute atomic E-state index is 5.95. The zero-order valence-corrected chi connectivity index (χ0v) is 12.9. The minimum Gasteiger partial charge on any atom is -0.472 e. The van der Waals surface area contributed by atoms with Gasteiger partial charge < -0.3 is 4.74 Å². The maximum atomic E-state index is 5.95. The van der Waals surface area contributed by atoms with Crippen molar-refractivity contribution < 1.29 is 4.74 Å². The second-order valence-corrected chi connectivity index (χ2v) is 6.30. The number of hydrogen-bond donors (Lipinski definition) is 0. The summed E-state index contributed by atoms with van der Waals surface area (Å²) in [4.78, 5) is 10.3. The van der Waals surface area contributed by atoms with E-state index in [1.807, 2.05) is 37.3 Å². The number of hydrogen-bond acceptors (Lipinski definition) is 4. The van der Waals surface area contributed by atoms with Gasteiger partial charge in [0.15, 0.2) is 0 Å². The number of aryl methyl sites for hydroxylation is 1. The molecule has 0 aliphatic carbocycles. The van der Waals surface area contributed by atoms with Crippen LogP contribution in [-0.2, 0) is 6.61 Å². The van der Waals surface area contributed by atoms with E-state index in [-0.39, 0.29) is 5.28 Å². The topological polar surface area (TPSA) is 35.0 Å². The molecule has 0 aliphatic rings. The third-order valence-electron chi connectivity index (χ3n) is 2.72. The van der Waals surface area contributed by atoms with E-state index in [9.17, 15) is 0 Å². The minimum atomic E-state index is 0.195. The Hall–Kier alpha value is -1.36. The molecule has 3 rings (SSSR count). The summed E-state index contributed by atoms with van der Waals surface area (Å²) in [5.41, 5.74) is 0.979. The SMILES string of the molecule is Cc1cc2c(OCc3cccc(Cl)c3)nc(Cl)nc2s1. The van der Waals surface area contributed by atoms with E-state index >= 15 is 0 Å². The zero-order chi connectivity index (χ0) is 14.1. The van der Waals surface area contributed by atoms with E-state index in [0.717, 1.165) is 20.7 Å². The van der Waals surface area contributed by atoms with Gasteiger partial charge in [-0.1, -0.05) is 23.7 Å². The van der Waals surface area contributed by atoms with Gasteiger partial charge in [0.1, 0.15) is 11.4 Å². The predicted octanol–water partition coefficient (Wildman–Crippen LogP) is 4.89. The van der Waals surface area contributed by atoms with Gasteiger partial charge >= 0.3 is 0 Å². The Labute approximate surface area is 130 Å². The number of halogens is 2. The van der Waals surface area contributed by atoms with Crippen LogP contribution < -0.4 is 4.74 Å². The van der Waals surface area contributed by atoms with Crippen LogP contribution in [0.4, 0.5) is 0 Å². The average Bonchev–Trinajstić information content (AvgIpc) is 2.76. The molecule has 0 amide bonds. The van der Waals surface area contributed by atoms with Crippen molar-refractivity contribution in [2.24, 2.45) is 0 Å². The number of fused-ring (bicyclic) bond motifs is 1. The van der Waals surface area contributed by atoms with Crippen LogP contribution in [0.25, 0.3) is 10.2 Å². The Morgan fingerprint density at radius 2 is 2.05 bits per heavy atom. The lowest BCUT2D eigenvalue weighted by Gasteiger charge is -2.07. The highest BCUT2D eigenvalue weighted by atomic mass is 35.5. The van der Waals surface area contributed by atoms with Gasteiger partial charge in [-0.15, -0.1) is 11.3 Å². The second kappa shape index (κ2) is 5.56. The van der Waals surface area contributed by atoms with Crippen molar-refractivity contribution in [1.29, 1.82) is 0 Å². The molecular weight excluding hydrogens is 315 g/mol. The minimum absolute atomic E-state index is 0.195. The largest absolute Gasteiger partial charge is 0.472 e. The monoisotopic (exact) mass is 324 g/mol. The number of aromatic nitrogens is 2. The van der Waals surface area contributed by atoms with E-state index in [2.05, 4.69) is 9.97 Å². The highest BCUT2D eigenvalue weighted by molar-refractivity contribution is 7.18. The summed E-state index contributed by atoms with van der Waals surface area (Å²) in [6.07, 6.45) is 0. The first-order valence-corrected chi connectivity index (χ1v) is 7.50. The number of rotatable bonds is 3. The molecule has 0 unspecified atom stereocenters. The van der Waals surface area contributed by atoms with Crippen molar-refractivity contribution in [3.05, 3.63) is 51.1 Å². The lowest BCUT2D eigenvalue weighted by atomic mass is 10.2. The Morgan fingerprint density at radius 1 is 1.20 bits per heavy atom. The van der Waals surface area contributed by atoms with E-state index < -0.39 is 0 Å². The summed E-state index contributed by atoms with van der Waals surface area (Å²) in [7, 11) is 0. The maximum Gasteiger partial charge on any atom is 0.227 e. The lowest BCUT2D eigenvalue weighted by molar-refractivity contribution is 0.298. The normalized spacial score (nSPS) is 10.9. The molecule has 102 valence electrons. The molecule has 0 bridgehead atoms. The first-order chi connectivity index (χ1) is 9.61. The summed E-state index contributed by atoms with van der Waals surface area (Å²) in [5, 5.41) is 1.77. The summed E-state index contributed by atoms with van der Waals surface area (Å²) < 4.78 is 5.77. The highest BCUT2D eigenvalue weighted by Crippen LogP contribution is 2.31. The molecule has 0 N–H and O–H groups in total. The van der Waals surface area contributed by atoms with Gasteiger partial charge in [0.05, 0.1) is 5.39 Å². The van der Waals surface area contributed by atoms with Gasteiger partial charge in [0, 0.05) is 9.90 Å². The van der Waals surface area contributed by atoms with Gasteiger partial charge in [-0.2, -0.15) is 4.98 Å². The Balaban J connectivity index is 1.90. The third kappa shape index (κ3) is 2.87. The molecule has 2 heterocycles. The highest BCUT2D eigenvalue weighted by Gasteiger charge is 2.11.